The molecule has 0 saturated carbocycles. The van der Waals surface area contributed by atoms with Crippen molar-refractivity contribution in [3.8, 4) is 11.5 Å². The lowest BCUT2D eigenvalue weighted by Gasteiger charge is -2.12. The number of benzene rings is 4. The topological polar surface area (TPSA) is 59.9 Å². The molecule has 0 aliphatic carbocycles. The van der Waals surface area contributed by atoms with Crippen molar-refractivity contribution in [2.45, 2.75) is 20.0 Å². The third kappa shape index (κ3) is 5.98. The highest BCUT2D eigenvalue weighted by molar-refractivity contribution is 6.02. The van der Waals surface area contributed by atoms with E-state index in [-0.39, 0.29) is 24.8 Å². The van der Waals surface area contributed by atoms with Gasteiger partial charge in [0.25, 0.3) is 0 Å². The highest BCUT2D eigenvalue weighted by atomic mass is 19.1. The number of carbonyl (C=O) groups excluding carboxylic acids is 1. The molecular weight excluding hydrogens is 431 g/mol. The van der Waals surface area contributed by atoms with Crippen LogP contribution in [0.1, 0.15) is 23.6 Å². The predicted molar refractivity (Wildman–Crippen MR) is 132 cm³/mol. The summed E-state index contributed by atoms with van der Waals surface area (Å²) in [4.78, 5) is 12.4. The quantitative estimate of drug-likeness (QED) is 0.262. The van der Waals surface area contributed by atoms with E-state index in [2.05, 4.69) is 10.5 Å². The second-order valence-electron chi connectivity index (χ2n) is 7.66. The molecule has 0 aliphatic heterocycles. The Hall–Kier alpha value is -4.19. The average molecular weight is 457 g/mol. The molecule has 4 rings (SSSR count). The number of rotatable bonds is 9. The SMILES string of the molecule is CCOc1ccc(CC(=O)N/N=C\c2c(OCc3ccc(F)cc3)ccc3ccccc23)cc1. The minimum atomic E-state index is -0.289. The van der Waals surface area contributed by atoms with Crippen LogP contribution in [0.2, 0.25) is 0 Å². The first-order chi connectivity index (χ1) is 16.6. The van der Waals surface area contributed by atoms with Gasteiger partial charge in [-0.25, -0.2) is 9.82 Å². The first-order valence-electron chi connectivity index (χ1n) is 11.0. The first-order valence-corrected chi connectivity index (χ1v) is 11.0. The van der Waals surface area contributed by atoms with Gasteiger partial charge in [0.05, 0.1) is 19.2 Å². The lowest BCUT2D eigenvalue weighted by molar-refractivity contribution is -0.120. The maximum Gasteiger partial charge on any atom is 0.244 e. The molecule has 0 heterocycles. The fourth-order valence-electron chi connectivity index (χ4n) is 3.54. The number of halogens is 1. The van der Waals surface area contributed by atoms with Gasteiger partial charge >= 0.3 is 0 Å². The number of nitrogens with one attached hydrogen (secondary N) is 1. The minimum Gasteiger partial charge on any atom is -0.494 e. The molecule has 0 saturated heterocycles. The Labute approximate surface area is 197 Å². The van der Waals surface area contributed by atoms with Crippen LogP contribution in [0.25, 0.3) is 10.8 Å². The summed E-state index contributed by atoms with van der Waals surface area (Å²) in [5.74, 6) is 0.874. The number of hydrogen-bond acceptors (Lipinski definition) is 4. The lowest BCUT2D eigenvalue weighted by Crippen LogP contribution is -2.19. The van der Waals surface area contributed by atoms with E-state index in [1.54, 1.807) is 18.3 Å². The zero-order valence-electron chi connectivity index (χ0n) is 18.8. The second-order valence-corrected chi connectivity index (χ2v) is 7.66. The summed E-state index contributed by atoms with van der Waals surface area (Å²) in [5.41, 5.74) is 5.06. The van der Waals surface area contributed by atoms with Gasteiger partial charge in [0, 0.05) is 5.56 Å². The predicted octanol–water partition coefficient (Wildman–Crippen LogP) is 5.65. The molecule has 172 valence electrons. The number of carbonyl (C=O) groups is 1. The van der Waals surface area contributed by atoms with Gasteiger partial charge in [0.1, 0.15) is 23.9 Å². The van der Waals surface area contributed by atoms with E-state index in [1.165, 1.54) is 12.1 Å². The van der Waals surface area contributed by atoms with E-state index < -0.39 is 0 Å². The van der Waals surface area contributed by atoms with Crippen LogP contribution in [-0.4, -0.2) is 18.7 Å². The standard InChI is InChI=1S/C28H25FN2O3/c1-2-33-24-14-9-20(10-15-24)17-28(32)31-30-18-26-25-6-4-3-5-22(25)11-16-27(26)34-19-21-7-12-23(29)13-8-21/h3-16,18H,2,17,19H2,1H3,(H,31,32)/b30-18-. The van der Waals surface area contributed by atoms with Crippen LogP contribution < -0.4 is 14.9 Å². The molecule has 0 unspecified atom stereocenters. The summed E-state index contributed by atoms with van der Waals surface area (Å²) in [6.07, 6.45) is 1.80. The van der Waals surface area contributed by atoms with Crippen molar-refractivity contribution >= 4 is 22.9 Å². The molecule has 6 heteroatoms. The molecule has 34 heavy (non-hydrogen) atoms. The van der Waals surface area contributed by atoms with Crippen LogP contribution in [0.3, 0.4) is 0 Å². The molecule has 0 aliphatic rings. The van der Waals surface area contributed by atoms with Crippen molar-refractivity contribution in [3.05, 3.63) is 107 Å². The van der Waals surface area contributed by atoms with E-state index in [0.29, 0.717) is 12.4 Å². The fraction of sp³-hybridized carbons (Fsp3) is 0.143. The van der Waals surface area contributed by atoms with E-state index in [9.17, 15) is 9.18 Å². The van der Waals surface area contributed by atoms with Crippen LogP contribution in [0, 0.1) is 5.82 Å². The smallest absolute Gasteiger partial charge is 0.244 e. The first kappa shape index (κ1) is 23.0. The Morgan fingerprint density at radius 3 is 2.41 bits per heavy atom. The molecule has 1 amide bonds. The average Bonchev–Trinajstić information content (AvgIpc) is 2.85. The van der Waals surface area contributed by atoms with Crippen molar-refractivity contribution in [1.82, 2.24) is 5.43 Å². The molecule has 0 aromatic heterocycles. The molecule has 4 aromatic rings. The Morgan fingerprint density at radius 1 is 0.912 bits per heavy atom. The van der Waals surface area contributed by atoms with Crippen LogP contribution >= 0.6 is 0 Å². The molecule has 0 radical (unpaired) electrons. The van der Waals surface area contributed by atoms with E-state index in [0.717, 1.165) is 33.2 Å². The van der Waals surface area contributed by atoms with E-state index in [1.807, 2.05) is 67.6 Å². The lowest BCUT2D eigenvalue weighted by atomic mass is 10.0. The maximum absolute atomic E-state index is 13.2. The number of fused-ring (bicyclic) bond motifs is 1. The summed E-state index contributed by atoms with van der Waals surface area (Å²) in [6, 6.07) is 25.3. The van der Waals surface area contributed by atoms with Gasteiger partial charge in [0.15, 0.2) is 0 Å². The van der Waals surface area contributed by atoms with Crippen LogP contribution in [0.5, 0.6) is 11.5 Å². The molecule has 0 spiro atoms. The van der Waals surface area contributed by atoms with Gasteiger partial charge in [-0.1, -0.05) is 54.6 Å². The monoisotopic (exact) mass is 456 g/mol. The number of hydrogen-bond donors (Lipinski definition) is 1. The summed E-state index contributed by atoms with van der Waals surface area (Å²) in [6.45, 7) is 2.80. The van der Waals surface area contributed by atoms with Gasteiger partial charge < -0.3 is 9.47 Å². The molecule has 5 nitrogen and oxygen atoms in total. The zero-order chi connectivity index (χ0) is 23.8. The molecule has 4 aromatic carbocycles. The fourth-order valence-corrected chi connectivity index (χ4v) is 3.54. The van der Waals surface area contributed by atoms with Gasteiger partial charge in [0.2, 0.25) is 5.91 Å². The van der Waals surface area contributed by atoms with Crippen LogP contribution in [0.15, 0.2) is 90.0 Å². The number of amides is 1. The van der Waals surface area contributed by atoms with E-state index >= 15 is 0 Å². The third-order valence-electron chi connectivity index (χ3n) is 5.22. The molecular formula is C28H25FN2O3. The summed E-state index contributed by atoms with van der Waals surface area (Å²) >= 11 is 0. The Balaban J connectivity index is 1.47. The minimum absolute atomic E-state index is 0.202. The van der Waals surface area contributed by atoms with Crippen molar-refractivity contribution in [3.63, 3.8) is 0 Å². The Bertz CT molecular complexity index is 1290. The largest absolute Gasteiger partial charge is 0.494 e. The molecule has 0 atom stereocenters. The molecule has 0 fully saturated rings. The summed E-state index contributed by atoms with van der Waals surface area (Å²) < 4.78 is 24.6. The Kier molecular flexibility index (Phi) is 7.50. The molecule has 0 bridgehead atoms. The Morgan fingerprint density at radius 2 is 1.65 bits per heavy atom. The van der Waals surface area contributed by atoms with Crippen molar-refractivity contribution in [2.75, 3.05) is 6.61 Å². The van der Waals surface area contributed by atoms with E-state index in [4.69, 9.17) is 9.47 Å². The summed E-state index contributed by atoms with van der Waals surface area (Å²) in [7, 11) is 0. The van der Waals surface area contributed by atoms with Gasteiger partial charge in [-0.2, -0.15) is 5.10 Å². The van der Waals surface area contributed by atoms with Gasteiger partial charge in [-0.05, 0) is 59.2 Å². The number of nitrogens with zero attached hydrogens (tertiary/aromatic N) is 1. The zero-order valence-corrected chi connectivity index (χ0v) is 18.8. The maximum atomic E-state index is 13.2. The second kappa shape index (κ2) is 11.1. The van der Waals surface area contributed by atoms with Crippen LogP contribution in [-0.2, 0) is 17.8 Å². The normalized spacial score (nSPS) is 11.0. The molecule has 1 N–H and O–H groups in total. The third-order valence-corrected chi connectivity index (χ3v) is 5.22. The van der Waals surface area contributed by atoms with Crippen molar-refractivity contribution in [1.29, 1.82) is 0 Å². The van der Waals surface area contributed by atoms with Crippen molar-refractivity contribution < 1.29 is 18.7 Å². The highest BCUT2D eigenvalue weighted by Gasteiger charge is 2.09. The number of ether oxygens (including phenoxy) is 2. The van der Waals surface area contributed by atoms with Gasteiger partial charge in [-0.15, -0.1) is 0 Å². The van der Waals surface area contributed by atoms with Gasteiger partial charge in [-0.3, -0.25) is 4.79 Å². The number of hydrazone groups is 1. The highest BCUT2D eigenvalue weighted by Crippen LogP contribution is 2.27. The van der Waals surface area contributed by atoms with Crippen molar-refractivity contribution in [2.24, 2.45) is 5.10 Å². The van der Waals surface area contributed by atoms with Crippen LogP contribution in [0.4, 0.5) is 4.39 Å². The summed E-state index contributed by atoms with van der Waals surface area (Å²) in [5, 5.41) is 6.16.